The highest BCUT2D eigenvalue weighted by atomic mass is 16.5. The molecule has 0 aliphatic heterocycles. The largest absolute Gasteiger partial charge is 0.388 e. The van der Waals surface area contributed by atoms with E-state index in [1.807, 2.05) is 0 Å². The maximum Gasteiger partial charge on any atom is 0.260 e. The summed E-state index contributed by atoms with van der Waals surface area (Å²) in [5.41, 5.74) is 12.3. The first-order valence-electron chi connectivity index (χ1n) is 4.54. The number of nitrogens with one attached hydrogen (secondary N) is 1. The summed E-state index contributed by atoms with van der Waals surface area (Å²) in [6.07, 6.45) is 2.15. The van der Waals surface area contributed by atoms with Gasteiger partial charge >= 0.3 is 0 Å². The number of unbranched alkanes of at least 4 members (excludes halogenated alkanes) is 1. The Morgan fingerprint density at radius 1 is 1.57 bits per heavy atom. The molecule has 1 atom stereocenters. The Morgan fingerprint density at radius 3 is 2.71 bits per heavy atom. The zero-order valence-corrected chi connectivity index (χ0v) is 8.36. The van der Waals surface area contributed by atoms with Crippen LogP contribution >= 0.6 is 0 Å². The molecule has 6 nitrogen and oxygen atoms in total. The standard InChI is InChI=1S/C8H18N4O2/c1-6(9)11-5-3-2-4-7(10)8(13)12-14/h7,14H,2-5,10H2,1H3,(H2,9,11)(H,12,13)/t7-/m0/s1. The van der Waals surface area contributed by atoms with Crippen molar-refractivity contribution in [3.63, 3.8) is 0 Å². The molecule has 0 spiro atoms. The van der Waals surface area contributed by atoms with Gasteiger partial charge in [-0.25, -0.2) is 5.48 Å². The first-order chi connectivity index (χ1) is 6.57. The van der Waals surface area contributed by atoms with Crippen molar-refractivity contribution < 1.29 is 10.0 Å². The molecule has 6 N–H and O–H groups in total. The highest BCUT2D eigenvalue weighted by molar-refractivity contribution is 5.80. The lowest BCUT2D eigenvalue weighted by atomic mass is 10.1. The Labute approximate surface area is 83.3 Å². The summed E-state index contributed by atoms with van der Waals surface area (Å²) in [6.45, 7) is 2.38. The molecule has 0 saturated heterocycles. The van der Waals surface area contributed by atoms with E-state index in [1.54, 1.807) is 6.92 Å². The molecule has 0 aromatic rings. The van der Waals surface area contributed by atoms with Crippen LogP contribution in [0.1, 0.15) is 26.2 Å². The van der Waals surface area contributed by atoms with Gasteiger partial charge in [-0.3, -0.25) is 15.0 Å². The minimum Gasteiger partial charge on any atom is -0.388 e. The summed E-state index contributed by atoms with van der Waals surface area (Å²) >= 11 is 0. The van der Waals surface area contributed by atoms with Gasteiger partial charge in [0.2, 0.25) is 0 Å². The predicted molar refractivity (Wildman–Crippen MR) is 53.9 cm³/mol. The van der Waals surface area contributed by atoms with Gasteiger partial charge in [-0.2, -0.15) is 0 Å². The van der Waals surface area contributed by atoms with E-state index in [0.717, 1.165) is 12.8 Å². The third-order valence-corrected chi connectivity index (χ3v) is 1.73. The zero-order chi connectivity index (χ0) is 11.0. The van der Waals surface area contributed by atoms with Crippen molar-refractivity contribution in [1.82, 2.24) is 5.48 Å². The summed E-state index contributed by atoms with van der Waals surface area (Å²) in [7, 11) is 0. The minimum absolute atomic E-state index is 0.533. The van der Waals surface area contributed by atoms with E-state index in [9.17, 15) is 4.79 Å². The van der Waals surface area contributed by atoms with E-state index in [1.165, 1.54) is 5.48 Å². The molecule has 0 aromatic heterocycles. The Kier molecular flexibility index (Phi) is 6.69. The van der Waals surface area contributed by atoms with E-state index < -0.39 is 11.9 Å². The number of carbonyl (C=O) groups is 1. The van der Waals surface area contributed by atoms with Crippen LogP contribution in [0.4, 0.5) is 0 Å². The lowest BCUT2D eigenvalue weighted by Gasteiger charge is -2.07. The predicted octanol–water partition coefficient (Wildman–Crippen LogP) is -0.633. The molecular formula is C8H18N4O2. The van der Waals surface area contributed by atoms with E-state index in [0.29, 0.717) is 18.8 Å². The summed E-state index contributed by atoms with van der Waals surface area (Å²) in [5, 5.41) is 8.26. The number of hydroxylamine groups is 1. The molecule has 0 heterocycles. The molecule has 0 unspecified atom stereocenters. The number of rotatable bonds is 6. The molecule has 0 radical (unpaired) electrons. The lowest BCUT2D eigenvalue weighted by Crippen LogP contribution is -2.38. The molecule has 0 rings (SSSR count). The summed E-state index contributed by atoms with van der Waals surface area (Å²) in [6, 6.07) is -0.650. The number of hydrogen-bond donors (Lipinski definition) is 4. The fourth-order valence-electron chi connectivity index (χ4n) is 0.945. The molecule has 6 heteroatoms. The number of aliphatic imine (C=N–C) groups is 1. The second-order valence-electron chi connectivity index (χ2n) is 3.10. The Hall–Kier alpha value is -1.14. The smallest absolute Gasteiger partial charge is 0.260 e. The molecule has 82 valence electrons. The van der Waals surface area contributed by atoms with E-state index in [-0.39, 0.29) is 0 Å². The minimum atomic E-state index is -0.650. The lowest BCUT2D eigenvalue weighted by molar-refractivity contribution is -0.130. The Bertz CT molecular complexity index is 202. The molecule has 0 saturated carbocycles. The summed E-state index contributed by atoms with van der Waals surface area (Å²) in [5.74, 6) is 0.00547. The van der Waals surface area contributed by atoms with Gasteiger partial charge in [-0.05, 0) is 26.2 Å². The SMILES string of the molecule is CC(N)=NCCCC[C@H](N)C(=O)NO. The molecular weight excluding hydrogens is 184 g/mol. The van der Waals surface area contributed by atoms with Crippen LogP contribution in [0.3, 0.4) is 0 Å². The maximum atomic E-state index is 10.8. The van der Waals surface area contributed by atoms with Gasteiger partial charge in [0, 0.05) is 6.54 Å². The average Bonchev–Trinajstić information content (AvgIpc) is 2.15. The zero-order valence-electron chi connectivity index (χ0n) is 8.36. The Morgan fingerprint density at radius 2 is 2.21 bits per heavy atom. The number of nitrogens with zero attached hydrogens (tertiary/aromatic N) is 1. The number of carbonyl (C=O) groups excluding carboxylic acids is 1. The summed E-state index contributed by atoms with van der Waals surface area (Å²) in [4.78, 5) is 14.7. The average molecular weight is 202 g/mol. The molecule has 0 aliphatic rings. The van der Waals surface area contributed by atoms with Gasteiger partial charge in [0.05, 0.1) is 11.9 Å². The second kappa shape index (κ2) is 7.28. The van der Waals surface area contributed by atoms with E-state index >= 15 is 0 Å². The van der Waals surface area contributed by atoms with Gasteiger partial charge in [-0.1, -0.05) is 0 Å². The van der Waals surface area contributed by atoms with Crippen molar-refractivity contribution in [2.75, 3.05) is 6.54 Å². The van der Waals surface area contributed by atoms with Gasteiger partial charge in [0.1, 0.15) is 0 Å². The first-order valence-corrected chi connectivity index (χ1v) is 4.54. The fourth-order valence-corrected chi connectivity index (χ4v) is 0.945. The normalized spacial score (nSPS) is 13.8. The van der Waals surface area contributed by atoms with Crippen LogP contribution in [0.2, 0.25) is 0 Å². The van der Waals surface area contributed by atoms with Crippen LogP contribution in [0, 0.1) is 0 Å². The second-order valence-corrected chi connectivity index (χ2v) is 3.10. The molecule has 0 bridgehead atoms. The van der Waals surface area contributed by atoms with Crippen molar-refractivity contribution in [2.24, 2.45) is 16.5 Å². The molecule has 14 heavy (non-hydrogen) atoms. The van der Waals surface area contributed by atoms with Crippen molar-refractivity contribution in [3.05, 3.63) is 0 Å². The van der Waals surface area contributed by atoms with Crippen LogP contribution in [-0.2, 0) is 4.79 Å². The summed E-state index contributed by atoms with van der Waals surface area (Å²) < 4.78 is 0. The number of hydrogen-bond acceptors (Lipinski definition) is 4. The van der Waals surface area contributed by atoms with Crippen LogP contribution in [0.5, 0.6) is 0 Å². The maximum absolute atomic E-state index is 10.8. The molecule has 0 aromatic carbocycles. The molecule has 1 amide bonds. The van der Waals surface area contributed by atoms with Crippen LogP contribution in [-0.4, -0.2) is 29.5 Å². The van der Waals surface area contributed by atoms with Crippen LogP contribution in [0.25, 0.3) is 0 Å². The highest BCUT2D eigenvalue weighted by Gasteiger charge is 2.10. The topological polar surface area (TPSA) is 114 Å². The van der Waals surface area contributed by atoms with Gasteiger partial charge < -0.3 is 11.5 Å². The third kappa shape index (κ3) is 6.38. The van der Waals surface area contributed by atoms with Crippen LogP contribution < -0.4 is 16.9 Å². The van der Waals surface area contributed by atoms with E-state index in [4.69, 9.17) is 16.7 Å². The van der Waals surface area contributed by atoms with Gasteiger partial charge in [0.25, 0.3) is 5.91 Å². The van der Waals surface area contributed by atoms with E-state index in [2.05, 4.69) is 4.99 Å². The fraction of sp³-hybridized carbons (Fsp3) is 0.750. The quantitative estimate of drug-likeness (QED) is 0.151. The van der Waals surface area contributed by atoms with Crippen molar-refractivity contribution in [1.29, 1.82) is 0 Å². The third-order valence-electron chi connectivity index (χ3n) is 1.73. The number of amides is 1. The Balaban J connectivity index is 3.45. The monoisotopic (exact) mass is 202 g/mol. The highest BCUT2D eigenvalue weighted by Crippen LogP contribution is 1.99. The molecule has 0 aliphatic carbocycles. The number of nitrogens with two attached hydrogens (primary N) is 2. The van der Waals surface area contributed by atoms with Gasteiger partial charge in [-0.15, -0.1) is 0 Å². The van der Waals surface area contributed by atoms with Crippen molar-refractivity contribution in [3.8, 4) is 0 Å². The molecule has 0 fully saturated rings. The van der Waals surface area contributed by atoms with Crippen molar-refractivity contribution in [2.45, 2.75) is 32.2 Å². The van der Waals surface area contributed by atoms with Crippen LogP contribution in [0.15, 0.2) is 4.99 Å². The van der Waals surface area contributed by atoms with Crippen molar-refractivity contribution >= 4 is 11.7 Å². The van der Waals surface area contributed by atoms with Gasteiger partial charge in [0.15, 0.2) is 0 Å². The number of amidine groups is 1. The first kappa shape index (κ1) is 12.9.